The molecule has 0 saturated heterocycles. The Kier molecular flexibility index (Phi) is 7.95. The Hall–Kier alpha value is -3.52. The topological polar surface area (TPSA) is 61.4 Å². The van der Waals surface area contributed by atoms with E-state index in [1.807, 2.05) is 0 Å². The largest absolute Gasteiger partial charge is 0.416 e. The number of carbonyl (C=O) groups is 2. The van der Waals surface area contributed by atoms with Crippen molar-refractivity contribution in [3.05, 3.63) is 95.0 Å². The van der Waals surface area contributed by atoms with Crippen LogP contribution in [-0.2, 0) is 6.18 Å². The standard InChI is InChI=1S/C24H21ClF3N3O2/c25-19-10-5-11-20(16-19)30-23(33)31(21-12-4-9-18(15-21)24(26,27)28)14-6-13-29-22(32)17-7-2-1-3-8-17/h1-5,7-12,15-16H,6,13-14H2,(H,29,32)(H,30,33). The van der Waals surface area contributed by atoms with Gasteiger partial charge in [-0.1, -0.05) is 41.9 Å². The van der Waals surface area contributed by atoms with Gasteiger partial charge < -0.3 is 10.6 Å². The average Bonchev–Trinajstić information content (AvgIpc) is 2.79. The van der Waals surface area contributed by atoms with Crippen molar-refractivity contribution in [2.45, 2.75) is 12.6 Å². The summed E-state index contributed by atoms with van der Waals surface area (Å²) in [6.45, 7) is 0.302. The maximum Gasteiger partial charge on any atom is 0.416 e. The zero-order valence-corrected chi connectivity index (χ0v) is 18.2. The van der Waals surface area contributed by atoms with Crippen molar-refractivity contribution in [2.24, 2.45) is 0 Å². The number of nitrogens with zero attached hydrogens (tertiary/aromatic N) is 1. The Morgan fingerprint density at radius 2 is 1.64 bits per heavy atom. The monoisotopic (exact) mass is 475 g/mol. The molecule has 0 atom stereocenters. The summed E-state index contributed by atoms with van der Waals surface area (Å²) >= 11 is 5.95. The molecule has 3 aromatic carbocycles. The molecule has 0 aliphatic carbocycles. The number of rotatable bonds is 7. The lowest BCUT2D eigenvalue weighted by atomic mass is 10.1. The van der Waals surface area contributed by atoms with Crippen LogP contribution in [-0.4, -0.2) is 25.0 Å². The van der Waals surface area contributed by atoms with Gasteiger partial charge in [-0.3, -0.25) is 9.69 Å². The minimum atomic E-state index is -4.55. The number of anilines is 2. The Morgan fingerprint density at radius 1 is 0.909 bits per heavy atom. The van der Waals surface area contributed by atoms with Gasteiger partial charge in [0.05, 0.1) is 5.56 Å². The van der Waals surface area contributed by atoms with Gasteiger partial charge in [0.1, 0.15) is 0 Å². The molecule has 0 radical (unpaired) electrons. The summed E-state index contributed by atoms with van der Waals surface area (Å²) in [6.07, 6.45) is -4.23. The van der Waals surface area contributed by atoms with E-state index in [4.69, 9.17) is 11.6 Å². The second-order valence-electron chi connectivity index (χ2n) is 7.12. The van der Waals surface area contributed by atoms with Crippen molar-refractivity contribution in [3.8, 4) is 0 Å². The highest BCUT2D eigenvalue weighted by Gasteiger charge is 2.31. The van der Waals surface area contributed by atoms with Crippen LogP contribution in [0, 0.1) is 0 Å². The third-order valence-corrected chi connectivity index (χ3v) is 4.92. The number of benzene rings is 3. The van der Waals surface area contributed by atoms with Crippen molar-refractivity contribution < 1.29 is 22.8 Å². The second-order valence-corrected chi connectivity index (χ2v) is 7.55. The van der Waals surface area contributed by atoms with Crippen LogP contribution in [0.25, 0.3) is 0 Å². The van der Waals surface area contributed by atoms with Crippen molar-refractivity contribution in [3.63, 3.8) is 0 Å². The highest BCUT2D eigenvalue weighted by Crippen LogP contribution is 2.32. The Labute approximate surface area is 194 Å². The van der Waals surface area contributed by atoms with Crippen molar-refractivity contribution in [1.82, 2.24) is 5.32 Å². The highest BCUT2D eigenvalue weighted by atomic mass is 35.5. The van der Waals surface area contributed by atoms with E-state index >= 15 is 0 Å². The van der Waals surface area contributed by atoms with Crippen LogP contribution in [0.3, 0.4) is 0 Å². The SMILES string of the molecule is O=C(NCCCN(C(=O)Nc1cccc(Cl)c1)c1cccc(C(F)(F)F)c1)c1ccccc1. The summed E-state index contributed by atoms with van der Waals surface area (Å²) in [5.41, 5.74) is 0.115. The van der Waals surface area contributed by atoms with Crippen LogP contribution in [0.1, 0.15) is 22.3 Å². The quantitative estimate of drug-likeness (QED) is 0.399. The fourth-order valence-electron chi connectivity index (χ4n) is 3.09. The van der Waals surface area contributed by atoms with Crippen LogP contribution < -0.4 is 15.5 Å². The van der Waals surface area contributed by atoms with E-state index < -0.39 is 17.8 Å². The first-order chi connectivity index (χ1) is 15.7. The van der Waals surface area contributed by atoms with Gasteiger partial charge in [-0.15, -0.1) is 0 Å². The predicted octanol–water partition coefficient (Wildman–Crippen LogP) is 6.22. The maximum atomic E-state index is 13.2. The summed E-state index contributed by atoms with van der Waals surface area (Å²) in [5, 5.41) is 5.80. The van der Waals surface area contributed by atoms with Gasteiger partial charge in [0, 0.05) is 35.1 Å². The maximum absolute atomic E-state index is 13.2. The Balaban J connectivity index is 1.72. The molecule has 0 spiro atoms. The van der Waals surface area contributed by atoms with Gasteiger partial charge >= 0.3 is 12.2 Å². The molecule has 0 aliphatic rings. The number of amides is 3. The van der Waals surface area contributed by atoms with Crippen LogP contribution >= 0.6 is 11.6 Å². The molecule has 0 unspecified atom stereocenters. The number of carbonyl (C=O) groups excluding carboxylic acids is 2. The molecule has 0 aliphatic heterocycles. The molecule has 3 amide bonds. The van der Waals surface area contributed by atoms with E-state index in [0.29, 0.717) is 22.7 Å². The highest BCUT2D eigenvalue weighted by molar-refractivity contribution is 6.30. The molecule has 9 heteroatoms. The molecular formula is C24H21ClF3N3O2. The number of halogens is 4. The number of nitrogens with one attached hydrogen (secondary N) is 2. The van der Waals surface area contributed by atoms with E-state index in [9.17, 15) is 22.8 Å². The lowest BCUT2D eigenvalue weighted by Crippen LogP contribution is -2.37. The van der Waals surface area contributed by atoms with E-state index in [0.717, 1.165) is 12.1 Å². The molecule has 2 N–H and O–H groups in total. The average molecular weight is 476 g/mol. The van der Waals surface area contributed by atoms with Crippen molar-refractivity contribution >= 4 is 34.9 Å². The molecule has 3 aromatic rings. The van der Waals surface area contributed by atoms with Crippen LogP contribution in [0.15, 0.2) is 78.9 Å². The lowest BCUT2D eigenvalue weighted by Gasteiger charge is -2.24. The number of hydrogen-bond acceptors (Lipinski definition) is 2. The van der Waals surface area contributed by atoms with Gasteiger partial charge in [-0.25, -0.2) is 4.79 Å². The summed E-state index contributed by atoms with van der Waals surface area (Å²) < 4.78 is 39.6. The molecule has 0 heterocycles. The Bertz CT molecular complexity index is 1110. The zero-order valence-electron chi connectivity index (χ0n) is 17.4. The first-order valence-electron chi connectivity index (χ1n) is 10.1. The van der Waals surface area contributed by atoms with E-state index in [1.165, 1.54) is 23.1 Å². The fourth-order valence-corrected chi connectivity index (χ4v) is 3.28. The molecule has 0 fully saturated rings. The van der Waals surface area contributed by atoms with Crippen LogP contribution in [0.5, 0.6) is 0 Å². The minimum Gasteiger partial charge on any atom is -0.352 e. The molecule has 5 nitrogen and oxygen atoms in total. The van der Waals surface area contributed by atoms with E-state index in [1.54, 1.807) is 48.5 Å². The van der Waals surface area contributed by atoms with Gasteiger partial charge in [-0.2, -0.15) is 13.2 Å². The van der Waals surface area contributed by atoms with Crippen LogP contribution in [0.4, 0.5) is 29.3 Å². The molecular weight excluding hydrogens is 455 g/mol. The Morgan fingerprint density at radius 3 is 2.33 bits per heavy atom. The first kappa shape index (κ1) is 24.1. The third kappa shape index (κ3) is 6.98. The second kappa shape index (κ2) is 10.9. The smallest absolute Gasteiger partial charge is 0.352 e. The molecule has 3 rings (SSSR count). The third-order valence-electron chi connectivity index (χ3n) is 4.69. The summed E-state index contributed by atoms with van der Waals surface area (Å²) in [6, 6.07) is 19.0. The number of alkyl halides is 3. The molecule has 0 bridgehead atoms. The van der Waals surface area contributed by atoms with Gasteiger partial charge in [0.15, 0.2) is 0 Å². The first-order valence-corrected chi connectivity index (χ1v) is 10.5. The molecule has 172 valence electrons. The van der Waals surface area contributed by atoms with E-state index in [2.05, 4.69) is 10.6 Å². The van der Waals surface area contributed by atoms with Crippen molar-refractivity contribution in [1.29, 1.82) is 0 Å². The molecule has 0 saturated carbocycles. The number of hydrogen-bond donors (Lipinski definition) is 2. The summed E-state index contributed by atoms with van der Waals surface area (Å²) in [4.78, 5) is 26.3. The fraction of sp³-hybridized carbons (Fsp3) is 0.167. The van der Waals surface area contributed by atoms with Gasteiger partial charge in [-0.05, 0) is 55.0 Å². The van der Waals surface area contributed by atoms with Gasteiger partial charge in [0.2, 0.25) is 0 Å². The predicted molar refractivity (Wildman–Crippen MR) is 123 cm³/mol. The zero-order chi connectivity index (χ0) is 23.8. The summed E-state index contributed by atoms with van der Waals surface area (Å²) in [5.74, 6) is -0.274. The van der Waals surface area contributed by atoms with Crippen molar-refractivity contribution in [2.75, 3.05) is 23.3 Å². The van der Waals surface area contributed by atoms with E-state index in [-0.39, 0.29) is 24.7 Å². The summed E-state index contributed by atoms with van der Waals surface area (Å²) in [7, 11) is 0. The number of urea groups is 1. The van der Waals surface area contributed by atoms with Crippen LogP contribution in [0.2, 0.25) is 5.02 Å². The molecule has 33 heavy (non-hydrogen) atoms. The molecule has 0 aromatic heterocycles. The minimum absolute atomic E-state index is 0.0722. The lowest BCUT2D eigenvalue weighted by molar-refractivity contribution is -0.137. The normalized spacial score (nSPS) is 11.0. The van der Waals surface area contributed by atoms with Gasteiger partial charge in [0.25, 0.3) is 5.91 Å².